The van der Waals surface area contributed by atoms with Crippen molar-refractivity contribution in [3.8, 4) is 6.07 Å². The first kappa shape index (κ1) is 14.6. The van der Waals surface area contributed by atoms with E-state index in [2.05, 4.69) is 15.6 Å². The molecule has 1 unspecified atom stereocenters. The number of hydrogen-bond donors (Lipinski definition) is 2. The zero-order valence-corrected chi connectivity index (χ0v) is 12.7. The molecule has 3 rings (SSSR count). The first-order valence-corrected chi connectivity index (χ1v) is 7.29. The summed E-state index contributed by atoms with van der Waals surface area (Å²) in [4.78, 5) is 29.8. The Bertz CT molecular complexity index is 714. The van der Waals surface area contributed by atoms with E-state index in [1.807, 2.05) is 11.0 Å². The number of imide groups is 1. The van der Waals surface area contributed by atoms with Gasteiger partial charge < -0.3 is 10.2 Å². The van der Waals surface area contributed by atoms with Crippen molar-refractivity contribution in [2.75, 3.05) is 18.0 Å². The number of carbonyl (C=O) groups is 2. The van der Waals surface area contributed by atoms with Crippen LogP contribution in [-0.4, -0.2) is 35.6 Å². The minimum absolute atomic E-state index is 0.308. The second kappa shape index (κ2) is 5.14. The number of rotatable bonds is 1. The second-order valence-electron chi connectivity index (χ2n) is 5.55. The molecule has 0 radical (unpaired) electrons. The molecular weight excluding hydrogens is 306 g/mol. The first-order valence-electron chi connectivity index (χ1n) is 6.91. The third kappa shape index (κ3) is 2.25. The van der Waals surface area contributed by atoms with Crippen molar-refractivity contribution in [2.24, 2.45) is 0 Å². The van der Waals surface area contributed by atoms with Gasteiger partial charge in [-0.2, -0.15) is 5.26 Å². The van der Waals surface area contributed by atoms with Gasteiger partial charge in [-0.25, -0.2) is 9.78 Å². The maximum Gasteiger partial charge on any atom is 0.322 e. The minimum Gasteiger partial charge on any atom is -0.352 e. The van der Waals surface area contributed by atoms with E-state index >= 15 is 0 Å². The molecule has 0 bridgehead atoms. The van der Waals surface area contributed by atoms with Gasteiger partial charge in [0.05, 0.1) is 22.8 Å². The van der Waals surface area contributed by atoms with Crippen LogP contribution in [0.2, 0.25) is 5.02 Å². The van der Waals surface area contributed by atoms with Gasteiger partial charge in [-0.15, -0.1) is 0 Å². The lowest BCUT2D eigenvalue weighted by Crippen LogP contribution is -2.58. The number of nitrogens with one attached hydrogen (secondary N) is 2. The summed E-state index contributed by atoms with van der Waals surface area (Å²) >= 11 is 6.23. The van der Waals surface area contributed by atoms with Crippen LogP contribution in [0.3, 0.4) is 0 Å². The van der Waals surface area contributed by atoms with Crippen molar-refractivity contribution in [2.45, 2.75) is 25.3 Å². The lowest BCUT2D eigenvalue weighted by molar-refractivity contribution is -0.124. The van der Waals surface area contributed by atoms with Crippen LogP contribution in [0.25, 0.3) is 0 Å². The molecule has 1 aromatic heterocycles. The molecular formula is C14H14ClN5O2. The fourth-order valence-corrected chi connectivity index (χ4v) is 3.23. The number of halogens is 1. The first-order chi connectivity index (χ1) is 10.4. The molecule has 7 nitrogen and oxygen atoms in total. The van der Waals surface area contributed by atoms with Gasteiger partial charge in [-0.05, 0) is 25.8 Å². The summed E-state index contributed by atoms with van der Waals surface area (Å²) in [5, 5.41) is 14.4. The third-order valence-corrected chi connectivity index (χ3v) is 4.35. The molecule has 2 saturated heterocycles. The summed E-state index contributed by atoms with van der Waals surface area (Å²) in [5.41, 5.74) is 0.0797. The van der Waals surface area contributed by atoms with E-state index < -0.39 is 11.6 Å². The molecule has 0 aliphatic carbocycles. The molecule has 1 atom stereocenters. The number of anilines is 1. The van der Waals surface area contributed by atoms with E-state index in [9.17, 15) is 9.59 Å². The van der Waals surface area contributed by atoms with Crippen molar-refractivity contribution in [3.05, 3.63) is 22.3 Å². The maximum absolute atomic E-state index is 12.1. The molecule has 2 aliphatic rings. The Morgan fingerprint density at radius 2 is 2.27 bits per heavy atom. The number of amides is 3. The van der Waals surface area contributed by atoms with Crippen LogP contribution in [0.1, 0.15) is 24.1 Å². The smallest absolute Gasteiger partial charge is 0.322 e. The number of urea groups is 1. The molecule has 0 saturated carbocycles. The number of aryl methyl sites for hydroxylation is 1. The summed E-state index contributed by atoms with van der Waals surface area (Å²) in [6, 6.07) is 3.15. The summed E-state index contributed by atoms with van der Waals surface area (Å²) in [6.45, 7) is 2.73. The Morgan fingerprint density at radius 1 is 1.50 bits per heavy atom. The van der Waals surface area contributed by atoms with Gasteiger partial charge in [0.25, 0.3) is 5.91 Å². The monoisotopic (exact) mass is 319 g/mol. The maximum atomic E-state index is 12.1. The van der Waals surface area contributed by atoms with Gasteiger partial charge in [0.15, 0.2) is 0 Å². The van der Waals surface area contributed by atoms with Crippen molar-refractivity contribution in [3.63, 3.8) is 0 Å². The molecule has 114 valence electrons. The van der Waals surface area contributed by atoms with Crippen molar-refractivity contribution in [1.29, 1.82) is 5.26 Å². The van der Waals surface area contributed by atoms with Gasteiger partial charge in [-0.3, -0.25) is 10.1 Å². The zero-order valence-electron chi connectivity index (χ0n) is 11.9. The Kier molecular flexibility index (Phi) is 3.41. The van der Waals surface area contributed by atoms with Gasteiger partial charge in [0.2, 0.25) is 0 Å². The van der Waals surface area contributed by atoms with E-state index in [-0.39, 0.29) is 5.91 Å². The van der Waals surface area contributed by atoms with Gasteiger partial charge in [0, 0.05) is 6.54 Å². The molecule has 1 spiro atoms. The number of nitrogens with zero attached hydrogens (tertiary/aromatic N) is 3. The number of pyridine rings is 1. The molecule has 8 heteroatoms. The fraction of sp³-hybridized carbons (Fsp3) is 0.429. The lowest BCUT2D eigenvalue weighted by Gasteiger charge is -2.39. The highest BCUT2D eigenvalue weighted by Gasteiger charge is 2.49. The molecule has 0 aromatic carbocycles. The summed E-state index contributed by atoms with van der Waals surface area (Å²) in [5.74, 6) is 0.217. The quantitative estimate of drug-likeness (QED) is 0.755. The van der Waals surface area contributed by atoms with E-state index in [1.54, 1.807) is 13.0 Å². The predicted octanol–water partition coefficient (Wildman–Crippen LogP) is 1.09. The largest absolute Gasteiger partial charge is 0.352 e. The Labute approximate surface area is 132 Å². The van der Waals surface area contributed by atoms with Crippen LogP contribution in [0.5, 0.6) is 0 Å². The van der Waals surface area contributed by atoms with E-state index in [4.69, 9.17) is 16.9 Å². The second-order valence-corrected chi connectivity index (χ2v) is 5.96. The highest BCUT2D eigenvalue weighted by atomic mass is 35.5. The number of nitriles is 1. The van der Waals surface area contributed by atoms with Crippen LogP contribution in [0.15, 0.2) is 6.07 Å². The molecule has 2 aliphatic heterocycles. The highest BCUT2D eigenvalue weighted by Crippen LogP contribution is 2.32. The van der Waals surface area contributed by atoms with Gasteiger partial charge in [0.1, 0.15) is 17.4 Å². The molecule has 1 aromatic rings. The number of aromatic nitrogens is 1. The zero-order chi connectivity index (χ0) is 15.9. The summed E-state index contributed by atoms with van der Waals surface area (Å²) in [7, 11) is 0. The van der Waals surface area contributed by atoms with Gasteiger partial charge >= 0.3 is 6.03 Å². The fourth-order valence-electron chi connectivity index (χ4n) is 2.96. The molecule has 22 heavy (non-hydrogen) atoms. The standard InChI is InChI=1S/C14H14ClN5O2/c1-8-9(6-16)5-10(15)11(17-8)20-4-2-3-14(7-20)12(21)18-13(22)19-14/h5H,2-4,7H2,1H3,(H2,18,19,21,22). The van der Waals surface area contributed by atoms with Crippen molar-refractivity contribution < 1.29 is 9.59 Å². The van der Waals surface area contributed by atoms with Crippen LogP contribution in [0, 0.1) is 18.3 Å². The Balaban J connectivity index is 1.93. The Hall–Kier alpha value is -2.33. The number of hydrogen-bond acceptors (Lipinski definition) is 5. The molecule has 3 amide bonds. The average Bonchev–Trinajstić information content (AvgIpc) is 2.74. The SMILES string of the molecule is Cc1nc(N2CCCC3(C2)NC(=O)NC3=O)c(Cl)cc1C#N. The van der Waals surface area contributed by atoms with Crippen LogP contribution >= 0.6 is 11.6 Å². The topological polar surface area (TPSA) is 98.1 Å². The minimum atomic E-state index is -0.928. The summed E-state index contributed by atoms with van der Waals surface area (Å²) < 4.78 is 0. The molecule has 2 N–H and O–H groups in total. The number of piperidine rings is 1. The van der Waals surface area contributed by atoms with E-state index in [0.29, 0.717) is 41.6 Å². The highest BCUT2D eigenvalue weighted by molar-refractivity contribution is 6.33. The van der Waals surface area contributed by atoms with Crippen LogP contribution < -0.4 is 15.5 Å². The summed E-state index contributed by atoms with van der Waals surface area (Å²) in [6.07, 6.45) is 1.30. The Morgan fingerprint density at radius 3 is 2.91 bits per heavy atom. The third-order valence-electron chi connectivity index (χ3n) is 4.07. The van der Waals surface area contributed by atoms with Crippen LogP contribution in [-0.2, 0) is 4.79 Å². The average molecular weight is 320 g/mol. The molecule has 2 fully saturated rings. The van der Waals surface area contributed by atoms with Crippen molar-refractivity contribution in [1.82, 2.24) is 15.6 Å². The van der Waals surface area contributed by atoms with Crippen LogP contribution in [0.4, 0.5) is 10.6 Å². The number of carbonyl (C=O) groups excluding carboxylic acids is 2. The van der Waals surface area contributed by atoms with Crippen molar-refractivity contribution >= 4 is 29.4 Å². The van der Waals surface area contributed by atoms with Gasteiger partial charge in [-0.1, -0.05) is 11.6 Å². The van der Waals surface area contributed by atoms with E-state index in [1.165, 1.54) is 0 Å². The molecule has 3 heterocycles. The lowest BCUT2D eigenvalue weighted by atomic mass is 9.89. The van der Waals surface area contributed by atoms with E-state index in [0.717, 1.165) is 6.42 Å². The predicted molar refractivity (Wildman–Crippen MR) is 79.6 cm³/mol. The normalized spacial score (nSPS) is 24.1.